The summed E-state index contributed by atoms with van der Waals surface area (Å²) in [5.74, 6) is 0. The van der Waals surface area contributed by atoms with Gasteiger partial charge in [0.05, 0.1) is 11.0 Å². The number of hydrogen-bond donors (Lipinski definition) is 0. The van der Waals surface area contributed by atoms with Crippen LogP contribution in [0.1, 0.15) is 43.9 Å². The molecular weight excluding hydrogens is 360 g/mol. The Kier molecular flexibility index (Phi) is 6.69. The lowest BCUT2D eigenvalue weighted by atomic mass is 10.0. The molecule has 150 valence electrons. The summed E-state index contributed by atoms with van der Waals surface area (Å²) in [6.45, 7) is 8.84. The molecular formula is C18H25F2N3O4. The highest BCUT2D eigenvalue weighted by molar-refractivity contribution is 5.68. The third-order valence-electron chi connectivity index (χ3n) is 4.64. The zero-order valence-electron chi connectivity index (χ0n) is 15.9. The molecule has 27 heavy (non-hydrogen) atoms. The number of carbonyl (C=O) groups excluding carboxylic acids is 1. The number of alkyl halides is 2. The van der Waals surface area contributed by atoms with E-state index in [2.05, 4.69) is 0 Å². The first kappa shape index (κ1) is 21.0. The van der Waals surface area contributed by atoms with Gasteiger partial charge in [0.1, 0.15) is 0 Å². The largest absolute Gasteiger partial charge is 0.447 e. The predicted octanol–water partition coefficient (Wildman–Crippen LogP) is 3.89. The molecule has 1 fully saturated rings. The lowest BCUT2D eigenvalue weighted by Gasteiger charge is -2.39. The second-order valence-corrected chi connectivity index (χ2v) is 7.09. The van der Waals surface area contributed by atoms with Gasteiger partial charge in [0.25, 0.3) is 12.1 Å². The standard InChI is InChI=1S/C18H25F2N3O4/c1-11(2)27-18(24)22-6-5-21(9-12(22)3)10-15-7-14(17(19)20)8-16(13(15)4)23(25)26/h7-8,11-12,17H,5-6,9-10H2,1-4H3/t12-/m0/s1. The van der Waals surface area contributed by atoms with Gasteiger partial charge in [0, 0.05) is 49.4 Å². The molecule has 0 spiro atoms. The van der Waals surface area contributed by atoms with E-state index in [1.807, 2.05) is 11.8 Å². The van der Waals surface area contributed by atoms with Crippen molar-refractivity contribution in [1.29, 1.82) is 0 Å². The highest BCUT2D eigenvalue weighted by Crippen LogP contribution is 2.30. The maximum absolute atomic E-state index is 13.1. The number of piperazine rings is 1. The Morgan fingerprint density at radius 3 is 2.56 bits per heavy atom. The molecule has 1 aliphatic rings. The van der Waals surface area contributed by atoms with Crippen molar-refractivity contribution in [2.24, 2.45) is 0 Å². The minimum atomic E-state index is -2.77. The number of nitro benzene ring substituents is 1. The highest BCUT2D eigenvalue weighted by Gasteiger charge is 2.30. The van der Waals surface area contributed by atoms with Crippen LogP contribution in [0.25, 0.3) is 0 Å². The monoisotopic (exact) mass is 385 g/mol. The van der Waals surface area contributed by atoms with E-state index in [4.69, 9.17) is 4.74 Å². The first-order chi connectivity index (χ1) is 12.6. The topological polar surface area (TPSA) is 75.9 Å². The van der Waals surface area contributed by atoms with Gasteiger partial charge in [0.2, 0.25) is 0 Å². The molecule has 0 saturated carbocycles. The Bertz CT molecular complexity index is 712. The van der Waals surface area contributed by atoms with Gasteiger partial charge < -0.3 is 9.64 Å². The SMILES string of the molecule is Cc1c(CN2CCN(C(=O)OC(C)C)[C@@H](C)C2)cc(C(F)F)cc1[N+](=O)[O-]. The number of rotatable bonds is 5. The second-order valence-electron chi connectivity index (χ2n) is 7.09. The minimum Gasteiger partial charge on any atom is -0.447 e. The van der Waals surface area contributed by atoms with Crippen molar-refractivity contribution in [3.05, 3.63) is 38.9 Å². The second kappa shape index (κ2) is 8.60. The summed E-state index contributed by atoms with van der Waals surface area (Å²) < 4.78 is 31.5. The van der Waals surface area contributed by atoms with E-state index in [1.165, 1.54) is 6.07 Å². The van der Waals surface area contributed by atoms with E-state index in [0.717, 1.165) is 6.07 Å². The first-order valence-corrected chi connectivity index (χ1v) is 8.85. The van der Waals surface area contributed by atoms with Gasteiger partial charge in [-0.2, -0.15) is 0 Å². The number of benzene rings is 1. The lowest BCUT2D eigenvalue weighted by Crippen LogP contribution is -2.54. The summed E-state index contributed by atoms with van der Waals surface area (Å²) in [5.41, 5.74) is 0.244. The molecule has 0 aromatic heterocycles. The third-order valence-corrected chi connectivity index (χ3v) is 4.64. The van der Waals surface area contributed by atoms with E-state index >= 15 is 0 Å². The van der Waals surface area contributed by atoms with Gasteiger partial charge in [-0.3, -0.25) is 15.0 Å². The maximum atomic E-state index is 13.1. The number of hydrogen-bond acceptors (Lipinski definition) is 5. The number of nitrogens with zero attached hydrogens (tertiary/aromatic N) is 3. The average Bonchev–Trinajstić information content (AvgIpc) is 2.55. The van der Waals surface area contributed by atoms with Crippen LogP contribution in [0.4, 0.5) is 19.3 Å². The van der Waals surface area contributed by atoms with Crippen LogP contribution in [0.2, 0.25) is 0 Å². The normalized spacial score (nSPS) is 18.2. The zero-order chi connectivity index (χ0) is 20.3. The van der Waals surface area contributed by atoms with Crippen LogP contribution in [0.15, 0.2) is 12.1 Å². The molecule has 0 bridgehead atoms. The van der Waals surface area contributed by atoms with Crippen molar-refractivity contribution >= 4 is 11.8 Å². The Morgan fingerprint density at radius 2 is 2.04 bits per heavy atom. The van der Waals surface area contributed by atoms with Crippen LogP contribution in [0.5, 0.6) is 0 Å². The molecule has 1 aromatic rings. The van der Waals surface area contributed by atoms with Crippen LogP contribution < -0.4 is 0 Å². The van der Waals surface area contributed by atoms with E-state index in [-0.39, 0.29) is 29.5 Å². The number of amides is 1. The molecule has 2 rings (SSSR count). The van der Waals surface area contributed by atoms with Crippen molar-refractivity contribution in [2.45, 2.75) is 52.8 Å². The van der Waals surface area contributed by atoms with Gasteiger partial charge in [-0.25, -0.2) is 13.6 Å². The molecule has 1 heterocycles. The molecule has 1 aromatic carbocycles. The maximum Gasteiger partial charge on any atom is 0.410 e. The number of halogens is 2. The van der Waals surface area contributed by atoms with Crippen molar-refractivity contribution in [1.82, 2.24) is 9.80 Å². The summed E-state index contributed by atoms with van der Waals surface area (Å²) in [6, 6.07) is 2.15. The molecule has 7 nitrogen and oxygen atoms in total. The molecule has 1 saturated heterocycles. The molecule has 0 radical (unpaired) electrons. The summed E-state index contributed by atoms with van der Waals surface area (Å²) in [6.07, 6.45) is -3.35. The van der Waals surface area contributed by atoms with E-state index in [9.17, 15) is 23.7 Å². The smallest absolute Gasteiger partial charge is 0.410 e. The molecule has 0 N–H and O–H groups in total. The predicted molar refractivity (Wildman–Crippen MR) is 95.9 cm³/mol. The Balaban J connectivity index is 2.14. The van der Waals surface area contributed by atoms with Crippen molar-refractivity contribution in [3.63, 3.8) is 0 Å². The third kappa shape index (κ3) is 5.12. The molecule has 1 aliphatic heterocycles. The van der Waals surface area contributed by atoms with Gasteiger partial charge in [0.15, 0.2) is 0 Å². The van der Waals surface area contributed by atoms with Crippen LogP contribution >= 0.6 is 0 Å². The van der Waals surface area contributed by atoms with E-state index < -0.39 is 11.3 Å². The van der Waals surface area contributed by atoms with Crippen molar-refractivity contribution in [3.8, 4) is 0 Å². The van der Waals surface area contributed by atoms with Gasteiger partial charge in [-0.1, -0.05) is 0 Å². The minimum absolute atomic E-state index is 0.112. The number of nitro groups is 1. The fourth-order valence-electron chi connectivity index (χ4n) is 3.22. The van der Waals surface area contributed by atoms with Crippen molar-refractivity contribution in [2.75, 3.05) is 19.6 Å². The molecule has 0 aliphatic carbocycles. The average molecular weight is 385 g/mol. The van der Waals surface area contributed by atoms with Crippen molar-refractivity contribution < 1.29 is 23.2 Å². The van der Waals surface area contributed by atoms with Crippen LogP contribution in [0, 0.1) is 17.0 Å². The van der Waals surface area contributed by atoms with Crippen LogP contribution in [-0.2, 0) is 11.3 Å². The molecule has 1 atom stereocenters. The molecule has 0 unspecified atom stereocenters. The zero-order valence-corrected chi connectivity index (χ0v) is 15.9. The number of ether oxygens (including phenoxy) is 1. The fourth-order valence-corrected chi connectivity index (χ4v) is 3.22. The highest BCUT2D eigenvalue weighted by atomic mass is 19.3. The van der Waals surface area contributed by atoms with E-state index in [0.29, 0.717) is 37.3 Å². The fraction of sp³-hybridized carbons (Fsp3) is 0.611. The molecule has 1 amide bonds. The summed E-state index contributed by atoms with van der Waals surface area (Å²) in [4.78, 5) is 26.3. The van der Waals surface area contributed by atoms with Crippen LogP contribution in [-0.4, -0.2) is 52.6 Å². The van der Waals surface area contributed by atoms with Gasteiger partial charge >= 0.3 is 6.09 Å². The Morgan fingerprint density at radius 1 is 1.37 bits per heavy atom. The number of carbonyl (C=O) groups is 1. The van der Waals surface area contributed by atoms with Crippen LogP contribution in [0.3, 0.4) is 0 Å². The van der Waals surface area contributed by atoms with Gasteiger partial charge in [-0.05, 0) is 39.3 Å². The summed E-state index contributed by atoms with van der Waals surface area (Å²) >= 11 is 0. The lowest BCUT2D eigenvalue weighted by molar-refractivity contribution is -0.385. The molecule has 9 heteroatoms. The summed E-state index contributed by atoms with van der Waals surface area (Å²) in [7, 11) is 0. The summed E-state index contributed by atoms with van der Waals surface area (Å²) in [5, 5.41) is 11.2. The quantitative estimate of drug-likeness (QED) is 0.568. The Labute approximate surface area is 157 Å². The van der Waals surface area contributed by atoms with E-state index in [1.54, 1.807) is 25.7 Å². The first-order valence-electron chi connectivity index (χ1n) is 8.85. The van der Waals surface area contributed by atoms with Gasteiger partial charge in [-0.15, -0.1) is 0 Å². The Hall–Kier alpha value is -2.29.